The molecule has 0 aliphatic rings. The van der Waals surface area contributed by atoms with Gasteiger partial charge in [0, 0.05) is 49.8 Å². The summed E-state index contributed by atoms with van der Waals surface area (Å²) in [6.07, 6.45) is 0. The zero-order valence-electron chi connectivity index (χ0n) is 32.5. The Morgan fingerprint density at radius 1 is 0.350 bits per heavy atom. The van der Waals surface area contributed by atoms with E-state index in [1.54, 1.807) is 0 Å². The summed E-state index contributed by atoms with van der Waals surface area (Å²) in [5.74, 6) is 0. The Bertz CT molecular complexity index is 3630. The van der Waals surface area contributed by atoms with Crippen LogP contribution in [0.15, 0.2) is 217 Å². The molecule has 60 heavy (non-hydrogen) atoms. The van der Waals surface area contributed by atoms with Gasteiger partial charge in [0.1, 0.15) is 11.2 Å². The molecular weight excluding hydrogens is 747 g/mol. The van der Waals surface area contributed by atoms with Gasteiger partial charge in [-0.2, -0.15) is 5.26 Å². The van der Waals surface area contributed by atoms with Crippen LogP contribution in [0.3, 0.4) is 0 Å². The molecule has 3 aromatic heterocycles. The normalized spacial score (nSPS) is 12.0. The first kappa shape index (κ1) is 34.2. The van der Waals surface area contributed by atoms with Crippen LogP contribution in [0.2, 0.25) is 0 Å². The fourth-order valence-electron chi connectivity index (χ4n) is 9.90. The summed E-state index contributed by atoms with van der Waals surface area (Å²) < 4.78 is 11.2. The van der Waals surface area contributed by atoms with E-state index in [1.807, 2.05) is 24.3 Å². The molecule has 12 rings (SSSR count). The molecule has 12 aromatic rings. The fraction of sp³-hybridized carbons (Fsp3) is 0. The van der Waals surface area contributed by atoms with Gasteiger partial charge in [0.05, 0.1) is 33.7 Å². The van der Waals surface area contributed by atoms with E-state index in [0.29, 0.717) is 5.56 Å². The lowest BCUT2D eigenvalue weighted by Crippen LogP contribution is -2.74. The number of furan rings is 1. The molecule has 0 N–H and O–H groups in total. The van der Waals surface area contributed by atoms with Gasteiger partial charge in [-0.25, -0.2) is 0 Å². The predicted octanol–water partition coefficient (Wildman–Crippen LogP) is 11.0. The summed E-state index contributed by atoms with van der Waals surface area (Å²) in [4.78, 5) is 0. The molecule has 0 fully saturated rings. The van der Waals surface area contributed by atoms with E-state index in [-0.39, 0.29) is 0 Å². The third kappa shape index (κ3) is 4.95. The van der Waals surface area contributed by atoms with E-state index in [2.05, 4.69) is 203 Å². The van der Waals surface area contributed by atoms with Gasteiger partial charge in [0.15, 0.2) is 8.07 Å². The highest BCUT2D eigenvalue weighted by Crippen LogP contribution is 2.38. The predicted molar refractivity (Wildman–Crippen MR) is 251 cm³/mol. The van der Waals surface area contributed by atoms with Gasteiger partial charge in [-0.3, -0.25) is 0 Å². The molecule has 0 saturated carbocycles. The molecule has 5 heteroatoms. The Kier molecular flexibility index (Phi) is 7.58. The van der Waals surface area contributed by atoms with Crippen LogP contribution in [0.4, 0.5) is 0 Å². The molecule has 280 valence electrons. The monoisotopic (exact) mass is 781 g/mol. The summed E-state index contributed by atoms with van der Waals surface area (Å²) in [6.45, 7) is 0. The van der Waals surface area contributed by atoms with Gasteiger partial charge in [-0.15, -0.1) is 0 Å². The SMILES string of the molecule is N#Cc1ccc2c(c1)c1ccccc1n2-c1ccc([Si](c2ccccc2)(c2ccccc2)c2cccc(-n3c4ccccc4c4cc5c(cc43)oc3ccccc35)c2)cc1. The summed E-state index contributed by atoms with van der Waals surface area (Å²) >= 11 is 0. The van der Waals surface area contributed by atoms with Gasteiger partial charge in [-0.05, 0) is 87.5 Å². The van der Waals surface area contributed by atoms with Crippen molar-refractivity contribution in [2.45, 2.75) is 0 Å². The maximum absolute atomic E-state index is 9.75. The number of nitriles is 1. The van der Waals surface area contributed by atoms with Crippen molar-refractivity contribution in [2.24, 2.45) is 0 Å². The molecule has 3 heterocycles. The van der Waals surface area contributed by atoms with Crippen LogP contribution in [-0.4, -0.2) is 17.2 Å². The maximum atomic E-state index is 9.75. The number of hydrogen-bond acceptors (Lipinski definition) is 2. The van der Waals surface area contributed by atoms with E-state index in [0.717, 1.165) is 66.2 Å². The molecule has 4 nitrogen and oxygen atoms in total. The van der Waals surface area contributed by atoms with Crippen molar-refractivity contribution >= 4 is 94.4 Å². The third-order valence-electron chi connectivity index (χ3n) is 12.5. The molecule has 0 radical (unpaired) electrons. The Balaban J connectivity index is 1.10. The molecule has 0 spiro atoms. The van der Waals surface area contributed by atoms with Crippen molar-refractivity contribution in [2.75, 3.05) is 0 Å². The lowest BCUT2D eigenvalue weighted by Gasteiger charge is -2.35. The van der Waals surface area contributed by atoms with E-state index in [1.165, 1.54) is 31.5 Å². The summed E-state index contributed by atoms with van der Waals surface area (Å²) in [7, 11) is -2.95. The number of rotatable bonds is 6. The smallest absolute Gasteiger partial charge is 0.179 e. The van der Waals surface area contributed by atoms with Gasteiger partial charge < -0.3 is 13.6 Å². The van der Waals surface area contributed by atoms with E-state index < -0.39 is 8.07 Å². The second kappa shape index (κ2) is 13.3. The van der Waals surface area contributed by atoms with Crippen LogP contribution in [-0.2, 0) is 0 Å². The quantitative estimate of drug-likeness (QED) is 0.125. The molecule has 0 saturated heterocycles. The van der Waals surface area contributed by atoms with Crippen LogP contribution in [0.5, 0.6) is 0 Å². The van der Waals surface area contributed by atoms with Crippen molar-refractivity contribution in [3.63, 3.8) is 0 Å². The average molecular weight is 782 g/mol. The summed E-state index contributed by atoms with van der Waals surface area (Å²) in [5.41, 5.74) is 9.10. The lowest BCUT2D eigenvalue weighted by atomic mass is 10.1. The first-order valence-electron chi connectivity index (χ1n) is 20.3. The standard InChI is InChI=1S/C55H35N3OSi/c56-36-37-26-31-52-47(32-37)44-20-7-10-23-50(44)57(52)38-27-29-42(30-28-38)60(40-15-3-1-4-16-40,41-17-5-2-6-18-41)43-19-13-14-39(33-43)58-51-24-11-8-21-45(51)48-34-49-46-22-9-12-25-54(46)59-55(49)35-53(48)58/h1-35H. The van der Waals surface area contributed by atoms with Crippen LogP contribution in [0, 0.1) is 11.3 Å². The zero-order valence-corrected chi connectivity index (χ0v) is 33.5. The van der Waals surface area contributed by atoms with Gasteiger partial charge in [-0.1, -0.05) is 140 Å². The molecule has 0 amide bonds. The van der Waals surface area contributed by atoms with E-state index in [4.69, 9.17) is 4.42 Å². The number of aromatic nitrogens is 2. The minimum absolute atomic E-state index is 0.660. The first-order chi connectivity index (χ1) is 29.7. The third-order valence-corrected chi connectivity index (χ3v) is 17.3. The second-order valence-corrected chi connectivity index (χ2v) is 19.4. The molecule has 0 aliphatic heterocycles. The number of hydrogen-bond donors (Lipinski definition) is 0. The van der Waals surface area contributed by atoms with Crippen molar-refractivity contribution in [1.82, 2.24) is 9.13 Å². The van der Waals surface area contributed by atoms with Gasteiger partial charge in [0.25, 0.3) is 0 Å². The van der Waals surface area contributed by atoms with Crippen molar-refractivity contribution < 1.29 is 4.42 Å². The van der Waals surface area contributed by atoms with Gasteiger partial charge >= 0.3 is 0 Å². The van der Waals surface area contributed by atoms with E-state index in [9.17, 15) is 5.26 Å². The van der Waals surface area contributed by atoms with E-state index >= 15 is 0 Å². The van der Waals surface area contributed by atoms with Crippen LogP contribution < -0.4 is 20.7 Å². The number of benzene rings is 9. The van der Waals surface area contributed by atoms with Gasteiger partial charge in [0.2, 0.25) is 0 Å². The minimum atomic E-state index is -2.95. The topological polar surface area (TPSA) is 46.8 Å². The Hall–Kier alpha value is -7.91. The van der Waals surface area contributed by atoms with Crippen LogP contribution in [0.1, 0.15) is 5.56 Å². The second-order valence-electron chi connectivity index (χ2n) is 15.6. The molecule has 0 bridgehead atoms. The Morgan fingerprint density at radius 3 is 1.58 bits per heavy atom. The number of fused-ring (bicyclic) bond motifs is 9. The molecule has 0 unspecified atom stereocenters. The van der Waals surface area contributed by atoms with Crippen molar-refractivity contribution in [3.05, 3.63) is 218 Å². The average Bonchev–Trinajstić information content (AvgIpc) is 3.96. The fourth-order valence-corrected chi connectivity index (χ4v) is 14.7. The van der Waals surface area contributed by atoms with Crippen LogP contribution >= 0.6 is 0 Å². The first-order valence-corrected chi connectivity index (χ1v) is 22.3. The van der Waals surface area contributed by atoms with Crippen molar-refractivity contribution in [3.8, 4) is 17.4 Å². The summed E-state index contributed by atoms with van der Waals surface area (Å²) in [6, 6.07) is 79.1. The highest BCUT2D eigenvalue weighted by atomic mass is 28.3. The maximum Gasteiger partial charge on any atom is 0.179 e. The highest BCUT2D eigenvalue weighted by Gasteiger charge is 2.41. The molecular formula is C55H35N3OSi. The lowest BCUT2D eigenvalue weighted by molar-refractivity contribution is 0.669. The summed E-state index contributed by atoms with van der Waals surface area (Å²) in [5, 5.41) is 21.8. The largest absolute Gasteiger partial charge is 0.456 e. The highest BCUT2D eigenvalue weighted by molar-refractivity contribution is 7.19. The minimum Gasteiger partial charge on any atom is -0.456 e. The Morgan fingerprint density at radius 2 is 0.900 bits per heavy atom. The number of para-hydroxylation sites is 3. The van der Waals surface area contributed by atoms with Crippen molar-refractivity contribution in [1.29, 1.82) is 5.26 Å². The van der Waals surface area contributed by atoms with Crippen LogP contribution in [0.25, 0.3) is 76.9 Å². The molecule has 0 aliphatic carbocycles. The molecule has 9 aromatic carbocycles. The zero-order chi connectivity index (χ0) is 39.8. The Labute approximate surface area is 347 Å². The number of nitrogens with zero attached hydrogens (tertiary/aromatic N) is 3. The molecule has 0 atom stereocenters.